The first-order valence-electron chi connectivity index (χ1n) is 16.9. The number of methoxy groups -OCH3 is 1. The van der Waals surface area contributed by atoms with Crippen LogP contribution in [0.2, 0.25) is 0 Å². The third-order valence-corrected chi connectivity index (χ3v) is 8.97. The smallest absolute Gasteiger partial charge is 0.410 e. The van der Waals surface area contributed by atoms with Crippen molar-refractivity contribution in [2.24, 2.45) is 0 Å². The first-order chi connectivity index (χ1) is 24.2. The van der Waals surface area contributed by atoms with Crippen molar-refractivity contribution in [1.29, 1.82) is 0 Å². The highest BCUT2D eigenvalue weighted by Crippen LogP contribution is 2.41. The summed E-state index contributed by atoms with van der Waals surface area (Å²) in [6.07, 6.45) is 1.44. The molecule has 15 nitrogen and oxygen atoms in total. The second-order valence-electron chi connectivity index (χ2n) is 12.5. The van der Waals surface area contributed by atoms with Gasteiger partial charge in [-0.3, -0.25) is 19.3 Å². The van der Waals surface area contributed by atoms with Gasteiger partial charge in [-0.05, 0) is 69.0 Å². The molecule has 1 fully saturated rings. The van der Waals surface area contributed by atoms with E-state index in [9.17, 15) is 19.2 Å². The van der Waals surface area contributed by atoms with Crippen LogP contribution in [0.1, 0.15) is 46.8 Å². The molecule has 1 aromatic heterocycles. The summed E-state index contributed by atoms with van der Waals surface area (Å²) in [5.41, 5.74) is 2.56. The number of carbonyl (C=O) groups is 4. The highest BCUT2D eigenvalue weighted by molar-refractivity contribution is 5.96. The minimum Gasteiger partial charge on any atom is -0.496 e. The van der Waals surface area contributed by atoms with Gasteiger partial charge in [0.2, 0.25) is 11.8 Å². The van der Waals surface area contributed by atoms with Gasteiger partial charge in [0.05, 0.1) is 26.8 Å². The van der Waals surface area contributed by atoms with Crippen LogP contribution in [0.25, 0.3) is 11.1 Å². The topological polar surface area (TPSA) is 158 Å². The van der Waals surface area contributed by atoms with E-state index in [1.54, 1.807) is 46.7 Å². The van der Waals surface area contributed by atoms with E-state index in [-0.39, 0.29) is 50.6 Å². The zero-order chi connectivity index (χ0) is 35.2. The van der Waals surface area contributed by atoms with Gasteiger partial charge >= 0.3 is 6.09 Å². The van der Waals surface area contributed by atoms with E-state index in [1.807, 2.05) is 19.1 Å². The predicted octanol–water partition coefficient (Wildman–Crippen LogP) is 2.57. The van der Waals surface area contributed by atoms with Gasteiger partial charge in [-0.2, -0.15) is 5.10 Å². The van der Waals surface area contributed by atoms with E-state index < -0.39 is 6.09 Å². The van der Waals surface area contributed by atoms with Gasteiger partial charge in [0.25, 0.3) is 5.91 Å². The van der Waals surface area contributed by atoms with E-state index in [0.29, 0.717) is 110 Å². The number of aromatic nitrogens is 3. The first-order valence-corrected chi connectivity index (χ1v) is 16.9. The maximum absolute atomic E-state index is 13.4. The van der Waals surface area contributed by atoms with Gasteiger partial charge in [0, 0.05) is 42.9 Å². The van der Waals surface area contributed by atoms with Crippen molar-refractivity contribution in [1.82, 2.24) is 34.8 Å². The highest BCUT2D eigenvalue weighted by Gasteiger charge is 2.29. The fraction of sp³-hybridized carbons (Fsp3) is 0.486. The monoisotopic (exact) mass is 689 g/mol. The number of fused-ring (bicyclic) bond motifs is 7. The van der Waals surface area contributed by atoms with Gasteiger partial charge in [-0.15, -0.1) is 0 Å². The minimum atomic E-state index is -0.502. The molecule has 4 bridgehead atoms. The van der Waals surface area contributed by atoms with Crippen LogP contribution in [0.3, 0.4) is 0 Å². The maximum Gasteiger partial charge on any atom is 0.410 e. The molecule has 1 N–H and O–H groups in total. The number of hydrogen-bond acceptors (Lipinski definition) is 10. The molecule has 3 aliphatic heterocycles. The Morgan fingerprint density at radius 2 is 1.66 bits per heavy atom. The number of benzene rings is 2. The van der Waals surface area contributed by atoms with E-state index in [0.717, 1.165) is 0 Å². The number of nitrogens with one attached hydrogen (secondary N) is 1. The fourth-order valence-corrected chi connectivity index (χ4v) is 6.34. The standard InChI is InChI=1S/C35H43N7O8/c1-23-37-24(2)42(38-23)22-32(44)39-10-5-4-9-36-34(45)25-7-8-29(47-3)28(18-25)26-17-27-20-40(31(43)21-41-13-16-50-35(41)46)12-15-49-33(27)30(19-26)48-14-6-11-39/h7-8,17-19H,4-6,9-16,20-22H2,1-3H3,(H,36,45). The summed E-state index contributed by atoms with van der Waals surface area (Å²) in [4.78, 5) is 61.3. The highest BCUT2D eigenvalue weighted by atomic mass is 16.6. The van der Waals surface area contributed by atoms with Crippen molar-refractivity contribution in [2.75, 3.05) is 66.2 Å². The zero-order valence-corrected chi connectivity index (χ0v) is 28.7. The molecule has 4 heterocycles. The second kappa shape index (κ2) is 15.5. The summed E-state index contributed by atoms with van der Waals surface area (Å²) in [6.45, 7) is 6.69. The van der Waals surface area contributed by atoms with Crippen LogP contribution < -0.4 is 19.5 Å². The molecular formula is C35H43N7O8. The molecule has 0 atom stereocenters. The van der Waals surface area contributed by atoms with Crippen molar-refractivity contribution in [3.8, 4) is 28.4 Å². The average molecular weight is 690 g/mol. The van der Waals surface area contributed by atoms with Gasteiger partial charge in [0.1, 0.15) is 43.7 Å². The summed E-state index contributed by atoms with van der Waals surface area (Å²) in [5, 5.41) is 7.36. The molecule has 50 heavy (non-hydrogen) atoms. The zero-order valence-electron chi connectivity index (χ0n) is 28.7. The maximum atomic E-state index is 13.4. The lowest BCUT2D eigenvalue weighted by Gasteiger charge is -2.24. The Kier molecular flexibility index (Phi) is 10.7. The van der Waals surface area contributed by atoms with Crippen LogP contribution in [0, 0.1) is 13.8 Å². The Balaban J connectivity index is 1.29. The quantitative estimate of drug-likeness (QED) is 0.422. The van der Waals surface area contributed by atoms with Crippen LogP contribution in [0.4, 0.5) is 4.79 Å². The molecule has 0 spiro atoms. The molecule has 4 amide bonds. The lowest BCUT2D eigenvalue weighted by molar-refractivity contribution is -0.133. The van der Waals surface area contributed by atoms with Crippen LogP contribution in [0.5, 0.6) is 17.2 Å². The van der Waals surface area contributed by atoms with Crippen molar-refractivity contribution in [3.05, 3.63) is 53.1 Å². The molecule has 0 radical (unpaired) electrons. The van der Waals surface area contributed by atoms with Crippen LogP contribution in [0.15, 0.2) is 30.3 Å². The van der Waals surface area contributed by atoms with E-state index >= 15 is 0 Å². The lowest BCUT2D eigenvalue weighted by atomic mass is 9.98. The number of amides is 4. The summed E-state index contributed by atoms with van der Waals surface area (Å²) >= 11 is 0. The molecule has 15 heteroatoms. The molecule has 2 aromatic carbocycles. The summed E-state index contributed by atoms with van der Waals surface area (Å²) < 4.78 is 24.9. The van der Waals surface area contributed by atoms with Crippen LogP contribution in [-0.2, 0) is 27.4 Å². The largest absolute Gasteiger partial charge is 0.496 e. The normalized spacial score (nSPS) is 17.1. The minimum absolute atomic E-state index is 0.0748. The summed E-state index contributed by atoms with van der Waals surface area (Å²) in [6, 6.07) is 9.03. The van der Waals surface area contributed by atoms with Gasteiger partial charge in [-0.25, -0.2) is 14.5 Å². The summed E-state index contributed by atoms with van der Waals surface area (Å²) in [5.74, 6) is 2.31. The lowest BCUT2D eigenvalue weighted by Crippen LogP contribution is -2.41. The van der Waals surface area contributed by atoms with Gasteiger partial charge in [0.15, 0.2) is 11.5 Å². The Morgan fingerprint density at radius 1 is 0.860 bits per heavy atom. The van der Waals surface area contributed by atoms with Crippen molar-refractivity contribution in [3.63, 3.8) is 0 Å². The molecule has 0 unspecified atom stereocenters. The second-order valence-corrected chi connectivity index (χ2v) is 12.5. The molecule has 3 aromatic rings. The van der Waals surface area contributed by atoms with Crippen molar-refractivity contribution < 1.29 is 38.1 Å². The Bertz CT molecular complexity index is 1760. The Hall–Kier alpha value is -5.34. The number of cyclic esters (lactones) is 1. The third-order valence-electron chi connectivity index (χ3n) is 8.97. The molecule has 266 valence electrons. The van der Waals surface area contributed by atoms with Crippen molar-refractivity contribution >= 4 is 23.8 Å². The molecular weight excluding hydrogens is 646 g/mol. The third kappa shape index (κ3) is 7.92. The molecule has 0 aliphatic carbocycles. The van der Waals surface area contributed by atoms with E-state index in [4.69, 9.17) is 18.9 Å². The predicted molar refractivity (Wildman–Crippen MR) is 180 cm³/mol. The number of ether oxygens (including phenoxy) is 4. The molecule has 3 aliphatic rings. The van der Waals surface area contributed by atoms with E-state index in [2.05, 4.69) is 15.4 Å². The first kappa shape index (κ1) is 34.5. The van der Waals surface area contributed by atoms with Gasteiger partial charge < -0.3 is 34.1 Å². The number of aryl methyl sites for hydroxylation is 2. The number of carbonyl (C=O) groups excluding carboxylic acids is 4. The number of rotatable bonds is 5. The Morgan fingerprint density at radius 3 is 2.42 bits per heavy atom. The van der Waals surface area contributed by atoms with Crippen molar-refractivity contribution in [2.45, 2.75) is 46.2 Å². The average Bonchev–Trinajstić information content (AvgIpc) is 3.56. The van der Waals surface area contributed by atoms with E-state index in [1.165, 1.54) is 4.90 Å². The SMILES string of the molecule is COc1ccc2cc1-c1cc3c(c(c1)OCCCN(C(=O)Cn1nc(C)nc1C)CCCCNC2=O)OCCN(C(=O)CN1CCOC1=O)C3. The number of nitrogens with zero attached hydrogens (tertiary/aromatic N) is 6. The van der Waals surface area contributed by atoms with Crippen LogP contribution in [-0.4, -0.2) is 119 Å². The Labute approximate surface area is 290 Å². The fourth-order valence-electron chi connectivity index (χ4n) is 6.34. The summed E-state index contributed by atoms with van der Waals surface area (Å²) in [7, 11) is 1.57. The number of hydrogen-bond donors (Lipinski definition) is 1. The molecule has 6 rings (SSSR count). The molecule has 0 saturated carbocycles. The van der Waals surface area contributed by atoms with Gasteiger partial charge in [-0.1, -0.05) is 0 Å². The van der Waals surface area contributed by atoms with Crippen LogP contribution >= 0.6 is 0 Å². The molecule has 1 saturated heterocycles.